The lowest BCUT2D eigenvalue weighted by Crippen LogP contribution is -3.00. The molecule has 2 nitrogen and oxygen atoms in total. The SMILES string of the molecule is CC(C)C(=O)C1CC[N+](C)(C)CC1.[I-]. The number of quaternary nitrogens is 1. The molecule has 1 fully saturated rings. The van der Waals surface area contributed by atoms with Crippen LogP contribution in [-0.2, 0) is 4.79 Å². The van der Waals surface area contributed by atoms with Crippen LogP contribution in [0.5, 0.6) is 0 Å². The number of nitrogens with zero attached hydrogens (tertiary/aromatic N) is 1. The zero-order valence-electron chi connectivity index (χ0n) is 9.72. The predicted octanol–water partition coefficient (Wildman–Crippen LogP) is -1.30. The van der Waals surface area contributed by atoms with Gasteiger partial charge >= 0.3 is 0 Å². The van der Waals surface area contributed by atoms with E-state index in [1.807, 2.05) is 13.8 Å². The van der Waals surface area contributed by atoms with Crippen LogP contribution >= 0.6 is 0 Å². The lowest BCUT2D eigenvalue weighted by molar-refractivity contribution is -0.895. The van der Waals surface area contributed by atoms with E-state index in [-0.39, 0.29) is 29.9 Å². The van der Waals surface area contributed by atoms with Gasteiger partial charge in [0.2, 0.25) is 0 Å². The molecule has 0 aromatic heterocycles. The first-order valence-corrected chi connectivity index (χ1v) is 5.28. The standard InChI is InChI=1S/C11H22NO.HI/c1-9(2)11(13)10-5-7-12(3,4)8-6-10;/h9-10H,5-8H2,1-4H3;1H/q+1;/p-1. The van der Waals surface area contributed by atoms with Crippen LogP contribution < -0.4 is 24.0 Å². The zero-order valence-corrected chi connectivity index (χ0v) is 11.9. The minimum atomic E-state index is 0. The van der Waals surface area contributed by atoms with Gasteiger partial charge in [-0.15, -0.1) is 0 Å². The monoisotopic (exact) mass is 311 g/mol. The van der Waals surface area contributed by atoms with E-state index >= 15 is 0 Å². The molecule has 1 heterocycles. The van der Waals surface area contributed by atoms with Gasteiger partial charge in [0.25, 0.3) is 0 Å². The molecule has 1 aliphatic rings. The second kappa shape index (κ2) is 5.45. The summed E-state index contributed by atoms with van der Waals surface area (Å²) < 4.78 is 1.09. The van der Waals surface area contributed by atoms with Crippen LogP contribution in [0.3, 0.4) is 0 Å². The van der Waals surface area contributed by atoms with Gasteiger partial charge in [-0.1, -0.05) is 13.8 Å². The number of hydrogen-bond acceptors (Lipinski definition) is 1. The van der Waals surface area contributed by atoms with Crippen LogP contribution in [0.15, 0.2) is 0 Å². The summed E-state index contributed by atoms with van der Waals surface area (Å²) in [6.45, 7) is 6.33. The smallest absolute Gasteiger partial charge is 0.138 e. The number of ketones is 1. The van der Waals surface area contributed by atoms with Crippen LogP contribution in [-0.4, -0.2) is 37.5 Å². The maximum atomic E-state index is 11.7. The van der Waals surface area contributed by atoms with Crippen molar-refractivity contribution in [3.63, 3.8) is 0 Å². The van der Waals surface area contributed by atoms with Crippen LogP contribution in [0.25, 0.3) is 0 Å². The number of carbonyl (C=O) groups is 1. The summed E-state index contributed by atoms with van der Waals surface area (Å²) in [5.74, 6) is 1.05. The van der Waals surface area contributed by atoms with Crippen LogP contribution in [0.1, 0.15) is 26.7 Å². The molecule has 0 spiro atoms. The Morgan fingerprint density at radius 2 is 1.64 bits per heavy atom. The van der Waals surface area contributed by atoms with Gasteiger partial charge in [0.15, 0.2) is 0 Å². The first kappa shape index (κ1) is 14.4. The highest BCUT2D eigenvalue weighted by atomic mass is 127. The molecule has 0 atom stereocenters. The molecule has 0 unspecified atom stereocenters. The van der Waals surface area contributed by atoms with Crippen molar-refractivity contribution in [2.75, 3.05) is 27.2 Å². The van der Waals surface area contributed by atoms with Crippen molar-refractivity contribution < 1.29 is 33.3 Å². The van der Waals surface area contributed by atoms with Crippen LogP contribution in [0.2, 0.25) is 0 Å². The highest BCUT2D eigenvalue weighted by molar-refractivity contribution is 5.82. The molecular weight excluding hydrogens is 289 g/mol. The molecule has 0 aliphatic carbocycles. The summed E-state index contributed by atoms with van der Waals surface area (Å²) in [5, 5.41) is 0. The Morgan fingerprint density at radius 3 is 2.00 bits per heavy atom. The third-order valence-corrected chi connectivity index (χ3v) is 3.14. The average Bonchev–Trinajstić information content (AvgIpc) is 2.03. The minimum absolute atomic E-state index is 0. The lowest BCUT2D eigenvalue weighted by atomic mass is 9.87. The molecule has 0 radical (unpaired) electrons. The largest absolute Gasteiger partial charge is 1.00 e. The van der Waals surface area contributed by atoms with E-state index in [0.29, 0.717) is 11.7 Å². The number of hydrogen-bond donors (Lipinski definition) is 0. The van der Waals surface area contributed by atoms with Crippen molar-refractivity contribution in [3.8, 4) is 0 Å². The molecule has 0 saturated carbocycles. The highest BCUT2D eigenvalue weighted by Crippen LogP contribution is 2.23. The number of halogens is 1. The Morgan fingerprint density at radius 1 is 1.21 bits per heavy atom. The lowest BCUT2D eigenvalue weighted by Gasteiger charge is -2.37. The Hall–Kier alpha value is 0.360. The molecule has 0 aromatic rings. The Kier molecular flexibility index (Phi) is 5.59. The zero-order chi connectivity index (χ0) is 10.1. The number of piperidine rings is 1. The van der Waals surface area contributed by atoms with Crippen molar-refractivity contribution in [2.24, 2.45) is 11.8 Å². The maximum absolute atomic E-state index is 11.7. The molecule has 0 amide bonds. The fourth-order valence-corrected chi connectivity index (χ4v) is 2.02. The van der Waals surface area contributed by atoms with E-state index in [1.54, 1.807) is 0 Å². The van der Waals surface area contributed by atoms with E-state index in [9.17, 15) is 4.79 Å². The average molecular weight is 311 g/mol. The van der Waals surface area contributed by atoms with E-state index in [0.717, 1.165) is 30.4 Å². The van der Waals surface area contributed by atoms with E-state index < -0.39 is 0 Å². The minimum Gasteiger partial charge on any atom is -1.00 e. The first-order chi connectivity index (χ1) is 5.92. The van der Waals surface area contributed by atoms with E-state index in [4.69, 9.17) is 0 Å². The molecule has 1 rings (SSSR count). The summed E-state index contributed by atoms with van der Waals surface area (Å²) in [4.78, 5) is 11.7. The fraction of sp³-hybridized carbons (Fsp3) is 0.909. The summed E-state index contributed by atoms with van der Waals surface area (Å²) in [5.41, 5.74) is 0. The van der Waals surface area contributed by atoms with Gasteiger partial charge in [0.05, 0.1) is 27.2 Å². The Balaban J connectivity index is 0.00000169. The second-order valence-electron chi connectivity index (χ2n) is 5.21. The maximum Gasteiger partial charge on any atom is 0.138 e. The molecular formula is C11H22INO. The van der Waals surface area contributed by atoms with E-state index in [2.05, 4.69) is 14.1 Å². The second-order valence-corrected chi connectivity index (χ2v) is 5.21. The molecule has 3 heteroatoms. The molecule has 0 bridgehead atoms. The van der Waals surface area contributed by atoms with Gasteiger partial charge in [-0.3, -0.25) is 4.79 Å². The Labute approximate surface area is 105 Å². The Bertz CT molecular complexity index is 191. The number of carbonyl (C=O) groups excluding carboxylic acids is 1. The van der Waals surface area contributed by atoms with Gasteiger partial charge in [-0.25, -0.2) is 0 Å². The topological polar surface area (TPSA) is 17.1 Å². The molecule has 1 aliphatic heterocycles. The van der Waals surface area contributed by atoms with E-state index in [1.165, 1.54) is 0 Å². The van der Waals surface area contributed by atoms with Crippen molar-refractivity contribution in [1.29, 1.82) is 0 Å². The fourth-order valence-electron chi connectivity index (χ4n) is 2.02. The van der Waals surface area contributed by atoms with Gasteiger partial charge in [-0.05, 0) is 0 Å². The van der Waals surface area contributed by atoms with Crippen molar-refractivity contribution in [3.05, 3.63) is 0 Å². The van der Waals surface area contributed by atoms with Crippen LogP contribution in [0.4, 0.5) is 0 Å². The quantitative estimate of drug-likeness (QED) is 0.458. The number of rotatable bonds is 2. The number of Topliss-reactive ketones (excluding diaryl/α,β-unsaturated/α-hetero) is 1. The summed E-state index contributed by atoms with van der Waals surface area (Å²) in [6.07, 6.45) is 2.17. The van der Waals surface area contributed by atoms with Gasteiger partial charge in [0, 0.05) is 24.7 Å². The predicted molar refractivity (Wildman–Crippen MR) is 54.4 cm³/mol. The van der Waals surface area contributed by atoms with Gasteiger partial charge < -0.3 is 28.5 Å². The van der Waals surface area contributed by atoms with Crippen LogP contribution in [0, 0.1) is 11.8 Å². The molecule has 84 valence electrons. The molecule has 1 saturated heterocycles. The summed E-state index contributed by atoms with van der Waals surface area (Å²) in [6, 6.07) is 0. The summed E-state index contributed by atoms with van der Waals surface area (Å²) in [7, 11) is 4.49. The van der Waals surface area contributed by atoms with Gasteiger partial charge in [-0.2, -0.15) is 0 Å². The summed E-state index contributed by atoms with van der Waals surface area (Å²) >= 11 is 0. The first-order valence-electron chi connectivity index (χ1n) is 5.28. The third-order valence-electron chi connectivity index (χ3n) is 3.14. The van der Waals surface area contributed by atoms with Crippen molar-refractivity contribution in [2.45, 2.75) is 26.7 Å². The van der Waals surface area contributed by atoms with Gasteiger partial charge in [0.1, 0.15) is 5.78 Å². The molecule has 0 N–H and O–H groups in total. The molecule has 0 aromatic carbocycles. The van der Waals surface area contributed by atoms with Crippen molar-refractivity contribution in [1.82, 2.24) is 0 Å². The molecule has 14 heavy (non-hydrogen) atoms. The number of likely N-dealkylation sites (tertiary alicyclic amines) is 1. The highest BCUT2D eigenvalue weighted by Gasteiger charge is 2.31. The third kappa shape index (κ3) is 3.85. The normalized spacial score (nSPS) is 21.8. The van der Waals surface area contributed by atoms with Crippen molar-refractivity contribution >= 4 is 5.78 Å².